The fourth-order valence-corrected chi connectivity index (χ4v) is 3.62. The first-order chi connectivity index (χ1) is 11.9. The highest BCUT2D eigenvalue weighted by molar-refractivity contribution is 14.1. The summed E-state index contributed by atoms with van der Waals surface area (Å²) < 4.78 is 1.55. The van der Waals surface area contributed by atoms with Crippen LogP contribution in [0.5, 0.6) is 5.75 Å². The van der Waals surface area contributed by atoms with Crippen LogP contribution in [0.2, 0.25) is 0 Å². The van der Waals surface area contributed by atoms with Crippen molar-refractivity contribution in [1.82, 2.24) is 5.43 Å². The average Bonchev–Trinajstić information content (AvgIpc) is 2.60. The number of aromatic hydroxyl groups is 1. The number of nitro groups is 1. The van der Waals surface area contributed by atoms with E-state index in [-0.39, 0.29) is 17.0 Å². The summed E-state index contributed by atoms with van der Waals surface area (Å²) in [6.07, 6.45) is 1.28. The van der Waals surface area contributed by atoms with E-state index >= 15 is 0 Å². The van der Waals surface area contributed by atoms with Gasteiger partial charge in [-0.2, -0.15) is 5.10 Å². The predicted molar refractivity (Wildman–Crippen MR) is 110 cm³/mol. The Morgan fingerprint density at radius 3 is 2.56 bits per heavy atom. The van der Waals surface area contributed by atoms with Gasteiger partial charge in [0, 0.05) is 22.3 Å². The lowest BCUT2D eigenvalue weighted by atomic mass is 10.2. The number of carbonyl (C=O) groups is 1. The Hall–Kier alpha value is -1.80. The molecule has 2 aromatic rings. The van der Waals surface area contributed by atoms with Crippen LogP contribution < -0.4 is 5.43 Å². The number of hydrazone groups is 1. The number of halogens is 2. The fraction of sp³-hybridized carbons (Fsp3) is 0.0667. The molecule has 8 nitrogen and oxygen atoms in total. The van der Waals surface area contributed by atoms with E-state index in [1.807, 2.05) is 22.6 Å². The molecule has 0 atom stereocenters. The second-order valence-corrected chi connectivity index (χ2v) is 6.71. The minimum atomic E-state index is -0.701. The molecule has 0 saturated heterocycles. The molecule has 0 aliphatic heterocycles. The van der Waals surface area contributed by atoms with Crippen molar-refractivity contribution < 1.29 is 19.9 Å². The van der Waals surface area contributed by atoms with E-state index in [1.165, 1.54) is 30.5 Å². The van der Waals surface area contributed by atoms with Gasteiger partial charge in [-0.3, -0.25) is 14.9 Å². The molecule has 3 N–H and O–H groups in total. The number of amides is 1. The number of carbonyl (C=O) groups excluding carboxylic acids is 1. The van der Waals surface area contributed by atoms with E-state index in [4.69, 9.17) is 5.11 Å². The minimum Gasteiger partial charge on any atom is -0.506 e. The Balaban J connectivity index is 0.00000151. The van der Waals surface area contributed by atoms with Crippen LogP contribution in [0.25, 0.3) is 0 Å². The number of phenols is 1. The molecule has 0 heterocycles. The lowest BCUT2D eigenvalue weighted by molar-refractivity contribution is -0.385. The van der Waals surface area contributed by atoms with Crippen molar-refractivity contribution in [2.75, 3.05) is 7.11 Å². The van der Waals surface area contributed by atoms with Gasteiger partial charge in [-0.15, -0.1) is 0 Å². The van der Waals surface area contributed by atoms with Crippen LogP contribution in [0.4, 0.5) is 5.69 Å². The Labute approximate surface area is 170 Å². The summed E-state index contributed by atoms with van der Waals surface area (Å²) in [5.74, 6) is -0.650. The average molecular weight is 569 g/mol. The summed E-state index contributed by atoms with van der Waals surface area (Å²) in [5, 5.41) is 31.6. The van der Waals surface area contributed by atoms with Crippen molar-refractivity contribution in [3.63, 3.8) is 0 Å². The molecule has 1 amide bonds. The van der Waals surface area contributed by atoms with Gasteiger partial charge in [0.15, 0.2) is 0 Å². The zero-order valence-electron chi connectivity index (χ0n) is 12.8. The Morgan fingerprint density at radius 2 is 1.92 bits per heavy atom. The molecule has 132 valence electrons. The van der Waals surface area contributed by atoms with E-state index in [1.54, 1.807) is 12.1 Å². The maximum absolute atomic E-state index is 12.0. The van der Waals surface area contributed by atoms with Crippen molar-refractivity contribution >= 4 is 63.0 Å². The summed E-state index contributed by atoms with van der Waals surface area (Å²) in [7, 11) is 1.00. The normalized spacial score (nSPS) is 10.1. The monoisotopic (exact) mass is 569 g/mol. The van der Waals surface area contributed by atoms with Gasteiger partial charge in [-0.25, -0.2) is 5.43 Å². The van der Waals surface area contributed by atoms with E-state index in [2.05, 4.69) is 33.1 Å². The standard InChI is InChI=1S/C14H9I2N3O4.CH4O/c15-9-5-8(13(20)11(16)6-9)7-17-18-14(21)10-3-1-2-4-12(10)19(22)23;1-2/h1-7,20H,(H,18,21);2H,1H3/b17-7+;. The van der Waals surface area contributed by atoms with Crippen LogP contribution in [-0.4, -0.2) is 34.4 Å². The van der Waals surface area contributed by atoms with Crippen molar-refractivity contribution in [2.24, 2.45) is 5.10 Å². The van der Waals surface area contributed by atoms with E-state index in [0.717, 1.165) is 10.7 Å². The number of nitro benzene ring substituents is 1. The number of phenolic OH excluding ortho intramolecular Hbond substituents is 1. The highest BCUT2D eigenvalue weighted by Crippen LogP contribution is 2.25. The van der Waals surface area contributed by atoms with Gasteiger partial charge >= 0.3 is 0 Å². The second-order valence-electron chi connectivity index (χ2n) is 4.30. The van der Waals surface area contributed by atoms with Crippen molar-refractivity contribution in [3.05, 3.63) is 64.8 Å². The van der Waals surface area contributed by atoms with Crippen LogP contribution in [-0.2, 0) is 0 Å². The quantitative estimate of drug-likeness (QED) is 0.226. The summed E-state index contributed by atoms with van der Waals surface area (Å²) in [4.78, 5) is 22.2. The Bertz CT molecular complexity index is 812. The van der Waals surface area contributed by atoms with Gasteiger partial charge in [0.05, 0.1) is 14.7 Å². The molecule has 0 saturated carbocycles. The van der Waals surface area contributed by atoms with Crippen LogP contribution in [0.1, 0.15) is 15.9 Å². The Morgan fingerprint density at radius 1 is 1.28 bits per heavy atom. The van der Waals surface area contributed by atoms with Crippen LogP contribution >= 0.6 is 45.2 Å². The summed E-state index contributed by atoms with van der Waals surface area (Å²) >= 11 is 4.08. The number of aliphatic hydroxyl groups excluding tert-OH is 1. The van der Waals surface area contributed by atoms with Gasteiger partial charge < -0.3 is 10.2 Å². The van der Waals surface area contributed by atoms with Gasteiger partial charge in [-0.05, 0) is 63.4 Å². The number of nitrogens with zero attached hydrogens (tertiary/aromatic N) is 2. The number of nitrogens with one attached hydrogen (secondary N) is 1. The van der Waals surface area contributed by atoms with Crippen LogP contribution in [0.3, 0.4) is 0 Å². The molecule has 25 heavy (non-hydrogen) atoms. The highest BCUT2D eigenvalue weighted by atomic mass is 127. The van der Waals surface area contributed by atoms with Gasteiger partial charge in [0.1, 0.15) is 11.3 Å². The molecule has 0 aromatic heterocycles. The highest BCUT2D eigenvalue weighted by Gasteiger charge is 2.18. The largest absolute Gasteiger partial charge is 0.506 e. The first-order valence-electron chi connectivity index (χ1n) is 6.59. The van der Waals surface area contributed by atoms with Gasteiger partial charge in [0.25, 0.3) is 11.6 Å². The van der Waals surface area contributed by atoms with Crippen molar-refractivity contribution in [1.29, 1.82) is 0 Å². The maximum Gasteiger partial charge on any atom is 0.282 e. The van der Waals surface area contributed by atoms with Crippen molar-refractivity contribution in [3.8, 4) is 5.75 Å². The third kappa shape index (κ3) is 5.89. The lowest BCUT2D eigenvalue weighted by Crippen LogP contribution is -2.19. The Kier molecular flexibility index (Phi) is 8.71. The number of hydrogen-bond acceptors (Lipinski definition) is 6. The van der Waals surface area contributed by atoms with E-state index in [0.29, 0.717) is 9.13 Å². The van der Waals surface area contributed by atoms with Crippen LogP contribution in [0.15, 0.2) is 41.5 Å². The summed E-state index contributed by atoms with van der Waals surface area (Å²) in [6.45, 7) is 0. The predicted octanol–water partition coefficient (Wildman–Crippen LogP) is 2.88. The summed E-state index contributed by atoms with van der Waals surface area (Å²) in [5.41, 5.74) is 2.27. The molecular weight excluding hydrogens is 556 g/mol. The third-order valence-electron chi connectivity index (χ3n) is 2.77. The molecular formula is C15H13I2N3O5. The van der Waals surface area contributed by atoms with Gasteiger partial charge in [0.2, 0.25) is 0 Å². The summed E-state index contributed by atoms with van der Waals surface area (Å²) in [6, 6.07) is 9.07. The topological polar surface area (TPSA) is 125 Å². The lowest BCUT2D eigenvalue weighted by Gasteiger charge is -2.03. The maximum atomic E-state index is 12.0. The molecule has 0 spiro atoms. The minimum absolute atomic E-state index is 0.0507. The zero-order chi connectivity index (χ0) is 19.0. The molecule has 0 unspecified atom stereocenters. The smallest absolute Gasteiger partial charge is 0.282 e. The zero-order valence-corrected chi connectivity index (χ0v) is 17.1. The van der Waals surface area contributed by atoms with Gasteiger partial charge in [-0.1, -0.05) is 12.1 Å². The van der Waals surface area contributed by atoms with Crippen LogP contribution in [0, 0.1) is 17.3 Å². The van der Waals surface area contributed by atoms with Crippen molar-refractivity contribution in [2.45, 2.75) is 0 Å². The molecule has 2 aromatic carbocycles. The number of para-hydroxylation sites is 1. The molecule has 0 radical (unpaired) electrons. The molecule has 0 bridgehead atoms. The SMILES string of the molecule is CO.O=C(N/N=C/c1cc(I)cc(I)c1O)c1ccccc1[N+](=O)[O-]. The molecule has 0 aliphatic rings. The molecule has 2 rings (SSSR count). The number of aliphatic hydroxyl groups is 1. The molecule has 10 heteroatoms. The third-order valence-corrected chi connectivity index (χ3v) is 4.22. The number of hydrogen-bond donors (Lipinski definition) is 3. The molecule has 0 fully saturated rings. The van der Waals surface area contributed by atoms with E-state index in [9.17, 15) is 20.0 Å². The molecule has 0 aliphatic carbocycles. The first kappa shape index (κ1) is 21.2. The second kappa shape index (κ2) is 10.2. The first-order valence-corrected chi connectivity index (χ1v) is 8.75. The number of rotatable bonds is 4. The fourth-order valence-electron chi connectivity index (χ4n) is 1.73. The van der Waals surface area contributed by atoms with E-state index < -0.39 is 10.8 Å². The number of benzene rings is 2.